The third-order valence-corrected chi connectivity index (χ3v) is 5.31. The number of hydrogen-bond acceptors (Lipinski definition) is 4. The highest BCUT2D eigenvalue weighted by molar-refractivity contribution is 7.91. The number of likely N-dealkylation sites (tertiary alicyclic amines) is 1. The van der Waals surface area contributed by atoms with Gasteiger partial charge in [0.25, 0.3) is 0 Å². The largest absolute Gasteiger partial charge is 0.316 e. The first-order valence-corrected chi connectivity index (χ1v) is 8.45. The van der Waals surface area contributed by atoms with Crippen molar-refractivity contribution in [2.24, 2.45) is 5.92 Å². The molecule has 0 saturated carbocycles. The molecule has 0 aromatic heterocycles. The Morgan fingerprint density at radius 2 is 1.94 bits per heavy atom. The summed E-state index contributed by atoms with van der Waals surface area (Å²) in [5.41, 5.74) is 0. The summed E-state index contributed by atoms with van der Waals surface area (Å²) in [6, 6.07) is 0. The predicted molar refractivity (Wildman–Crippen MR) is 72.0 cm³/mol. The van der Waals surface area contributed by atoms with Gasteiger partial charge in [-0.2, -0.15) is 0 Å². The molecule has 1 aliphatic rings. The lowest BCUT2D eigenvalue weighted by Crippen LogP contribution is -2.35. The Balaban J connectivity index is 2.01. The van der Waals surface area contributed by atoms with Crippen molar-refractivity contribution < 1.29 is 8.42 Å². The number of rotatable bonds is 7. The Morgan fingerprint density at radius 3 is 2.53 bits per heavy atom. The maximum Gasteiger partial charge on any atom is 0.150 e. The molecule has 1 saturated heterocycles. The van der Waals surface area contributed by atoms with Gasteiger partial charge in [0.15, 0.2) is 0 Å². The Kier molecular flexibility index (Phi) is 6.44. The second-order valence-corrected chi connectivity index (χ2v) is 7.51. The van der Waals surface area contributed by atoms with Crippen LogP contribution >= 0.6 is 0 Å². The van der Waals surface area contributed by atoms with Crippen molar-refractivity contribution in [1.82, 2.24) is 10.2 Å². The summed E-state index contributed by atoms with van der Waals surface area (Å²) >= 11 is 0. The van der Waals surface area contributed by atoms with Crippen LogP contribution in [0.25, 0.3) is 0 Å². The molecule has 0 aromatic rings. The molecule has 1 heterocycles. The lowest BCUT2D eigenvalue weighted by molar-refractivity contribution is 0.216. The van der Waals surface area contributed by atoms with Crippen LogP contribution in [-0.4, -0.2) is 58.1 Å². The molecule has 102 valence electrons. The summed E-state index contributed by atoms with van der Waals surface area (Å²) in [6.07, 6.45) is 3.26. The Bertz CT molecular complexity index is 296. The molecule has 0 atom stereocenters. The average molecular weight is 262 g/mol. The van der Waals surface area contributed by atoms with Crippen molar-refractivity contribution in [3.05, 3.63) is 0 Å². The van der Waals surface area contributed by atoms with Crippen molar-refractivity contribution in [2.45, 2.75) is 26.2 Å². The van der Waals surface area contributed by atoms with Crippen molar-refractivity contribution in [2.75, 3.05) is 44.7 Å². The zero-order valence-electron chi connectivity index (χ0n) is 11.1. The topological polar surface area (TPSA) is 49.4 Å². The average Bonchev–Trinajstić information content (AvgIpc) is 2.31. The van der Waals surface area contributed by atoms with E-state index in [4.69, 9.17) is 0 Å². The van der Waals surface area contributed by atoms with Gasteiger partial charge in [0.1, 0.15) is 9.84 Å². The Labute approximate surface area is 106 Å². The Morgan fingerprint density at radius 1 is 1.29 bits per heavy atom. The summed E-state index contributed by atoms with van der Waals surface area (Å²) in [6.45, 7) is 5.96. The van der Waals surface area contributed by atoms with E-state index in [9.17, 15) is 8.42 Å². The second-order valence-electron chi connectivity index (χ2n) is 5.04. The molecule has 0 amide bonds. The van der Waals surface area contributed by atoms with E-state index < -0.39 is 9.84 Å². The molecule has 0 aromatic carbocycles. The molecule has 0 bridgehead atoms. The fourth-order valence-corrected chi connectivity index (χ4v) is 3.01. The summed E-state index contributed by atoms with van der Waals surface area (Å²) in [5.74, 6) is 1.36. The van der Waals surface area contributed by atoms with Crippen LogP contribution in [0.5, 0.6) is 0 Å². The van der Waals surface area contributed by atoms with Crippen LogP contribution in [0.2, 0.25) is 0 Å². The van der Waals surface area contributed by atoms with Gasteiger partial charge in [0, 0.05) is 5.75 Å². The number of sulfone groups is 1. The smallest absolute Gasteiger partial charge is 0.150 e. The second kappa shape index (κ2) is 7.34. The third kappa shape index (κ3) is 6.38. The van der Waals surface area contributed by atoms with Gasteiger partial charge in [-0.1, -0.05) is 6.92 Å². The number of piperidine rings is 1. The zero-order valence-corrected chi connectivity index (χ0v) is 11.9. The van der Waals surface area contributed by atoms with E-state index >= 15 is 0 Å². The van der Waals surface area contributed by atoms with E-state index in [0.29, 0.717) is 5.75 Å². The van der Waals surface area contributed by atoms with Crippen LogP contribution in [0, 0.1) is 5.92 Å². The van der Waals surface area contributed by atoms with Crippen LogP contribution in [0.15, 0.2) is 0 Å². The quantitative estimate of drug-likeness (QED) is 0.688. The van der Waals surface area contributed by atoms with Gasteiger partial charge < -0.3 is 10.2 Å². The minimum absolute atomic E-state index is 0.266. The molecule has 17 heavy (non-hydrogen) atoms. The summed E-state index contributed by atoms with van der Waals surface area (Å²) < 4.78 is 22.5. The van der Waals surface area contributed by atoms with Crippen molar-refractivity contribution in [1.29, 1.82) is 0 Å². The molecule has 1 fully saturated rings. The molecule has 1 aliphatic heterocycles. The molecule has 1 rings (SSSR count). The van der Waals surface area contributed by atoms with Crippen molar-refractivity contribution >= 4 is 9.84 Å². The van der Waals surface area contributed by atoms with Crippen LogP contribution < -0.4 is 5.32 Å². The zero-order chi connectivity index (χ0) is 12.7. The highest BCUT2D eigenvalue weighted by atomic mass is 32.2. The molecular formula is C12H26N2O2S. The van der Waals surface area contributed by atoms with E-state index in [2.05, 4.69) is 17.3 Å². The molecule has 1 N–H and O–H groups in total. The standard InChI is InChI=1S/C12H26N2O2S/c1-3-17(15,16)10-4-7-13-11-12-5-8-14(2)9-6-12/h12-13H,3-11H2,1-2H3. The van der Waals surface area contributed by atoms with Gasteiger partial charge in [-0.3, -0.25) is 0 Å². The van der Waals surface area contributed by atoms with Crippen LogP contribution in [-0.2, 0) is 9.84 Å². The lowest BCUT2D eigenvalue weighted by atomic mass is 9.97. The molecule has 5 heteroatoms. The predicted octanol–water partition coefficient (Wildman–Crippen LogP) is 0.743. The van der Waals surface area contributed by atoms with Gasteiger partial charge in [0.05, 0.1) is 5.75 Å². The van der Waals surface area contributed by atoms with Crippen LogP contribution in [0.4, 0.5) is 0 Å². The van der Waals surface area contributed by atoms with Crippen molar-refractivity contribution in [3.63, 3.8) is 0 Å². The van der Waals surface area contributed by atoms with E-state index in [1.807, 2.05) is 0 Å². The third-order valence-electron chi connectivity index (χ3n) is 3.52. The van der Waals surface area contributed by atoms with Crippen molar-refractivity contribution in [3.8, 4) is 0 Å². The highest BCUT2D eigenvalue weighted by Crippen LogP contribution is 2.14. The number of nitrogens with zero attached hydrogens (tertiary/aromatic N) is 1. The minimum atomic E-state index is -2.78. The van der Waals surface area contributed by atoms with E-state index in [1.54, 1.807) is 6.92 Å². The molecular weight excluding hydrogens is 236 g/mol. The summed E-state index contributed by atoms with van der Waals surface area (Å²) in [7, 11) is -0.613. The SMILES string of the molecule is CCS(=O)(=O)CCCNCC1CCN(C)CC1. The van der Waals surface area contributed by atoms with E-state index in [1.165, 1.54) is 25.9 Å². The molecule has 4 nitrogen and oxygen atoms in total. The molecule has 0 unspecified atom stereocenters. The fraction of sp³-hybridized carbons (Fsp3) is 1.00. The fourth-order valence-electron chi connectivity index (χ4n) is 2.13. The summed E-state index contributed by atoms with van der Waals surface area (Å²) in [4.78, 5) is 2.37. The molecule has 0 aliphatic carbocycles. The summed E-state index contributed by atoms with van der Waals surface area (Å²) in [5, 5.41) is 3.38. The van der Waals surface area contributed by atoms with Gasteiger partial charge in [-0.15, -0.1) is 0 Å². The van der Waals surface area contributed by atoms with E-state index in [-0.39, 0.29) is 5.75 Å². The lowest BCUT2D eigenvalue weighted by Gasteiger charge is -2.29. The minimum Gasteiger partial charge on any atom is -0.316 e. The highest BCUT2D eigenvalue weighted by Gasteiger charge is 2.15. The first-order valence-electron chi connectivity index (χ1n) is 6.63. The maximum absolute atomic E-state index is 11.3. The maximum atomic E-state index is 11.3. The monoisotopic (exact) mass is 262 g/mol. The van der Waals surface area contributed by atoms with Gasteiger partial charge in [0.2, 0.25) is 0 Å². The van der Waals surface area contributed by atoms with E-state index in [0.717, 1.165) is 25.4 Å². The number of hydrogen-bond donors (Lipinski definition) is 1. The normalized spacial score (nSPS) is 19.6. The van der Waals surface area contributed by atoms with Gasteiger partial charge in [-0.25, -0.2) is 8.42 Å². The van der Waals surface area contributed by atoms with Crippen LogP contribution in [0.1, 0.15) is 26.2 Å². The molecule has 0 radical (unpaired) electrons. The first kappa shape index (κ1) is 14.9. The Hall–Kier alpha value is -0.130. The number of nitrogens with one attached hydrogen (secondary N) is 1. The van der Waals surface area contributed by atoms with Gasteiger partial charge in [-0.05, 0) is 58.4 Å². The first-order chi connectivity index (χ1) is 8.03. The van der Waals surface area contributed by atoms with Crippen LogP contribution in [0.3, 0.4) is 0 Å². The van der Waals surface area contributed by atoms with Gasteiger partial charge >= 0.3 is 0 Å². The molecule has 0 spiro atoms.